The Morgan fingerprint density at radius 2 is 1.66 bits per heavy atom. The third-order valence-corrected chi connectivity index (χ3v) is 4.83. The Morgan fingerprint density at radius 3 is 2.34 bits per heavy atom. The lowest BCUT2D eigenvalue weighted by Gasteiger charge is -2.35. The van der Waals surface area contributed by atoms with Crippen molar-refractivity contribution in [2.24, 2.45) is 0 Å². The number of hydrogen-bond acceptors (Lipinski definition) is 5. The van der Waals surface area contributed by atoms with Gasteiger partial charge in [-0.15, -0.1) is 0 Å². The van der Waals surface area contributed by atoms with Gasteiger partial charge in [0.25, 0.3) is 5.91 Å². The first-order valence-corrected chi connectivity index (χ1v) is 9.56. The SMILES string of the molecule is Cc1cc(Nc2ccccc2)nc(N2CCN(C(=O)c3ccc(F)cc3)CC2)n1. The average molecular weight is 391 g/mol. The quantitative estimate of drug-likeness (QED) is 0.736. The molecule has 3 aromatic rings. The summed E-state index contributed by atoms with van der Waals surface area (Å²) in [6.45, 7) is 4.35. The fourth-order valence-electron chi connectivity index (χ4n) is 3.31. The third-order valence-electron chi connectivity index (χ3n) is 4.83. The minimum atomic E-state index is -0.345. The number of benzene rings is 2. The molecule has 2 heterocycles. The predicted octanol–water partition coefficient (Wildman–Crippen LogP) is 3.63. The van der Waals surface area contributed by atoms with Gasteiger partial charge in [-0.2, -0.15) is 4.98 Å². The molecule has 1 aromatic heterocycles. The molecule has 1 N–H and O–H groups in total. The van der Waals surface area contributed by atoms with E-state index in [1.165, 1.54) is 24.3 Å². The Bertz CT molecular complexity index is 986. The van der Waals surface area contributed by atoms with Crippen LogP contribution in [-0.2, 0) is 0 Å². The summed E-state index contributed by atoms with van der Waals surface area (Å²) in [5, 5.41) is 3.30. The van der Waals surface area contributed by atoms with Crippen molar-refractivity contribution in [1.29, 1.82) is 0 Å². The Morgan fingerprint density at radius 1 is 0.966 bits per heavy atom. The Hall–Kier alpha value is -3.48. The van der Waals surface area contributed by atoms with Crippen molar-refractivity contribution in [3.05, 3.63) is 77.7 Å². The average Bonchev–Trinajstić information content (AvgIpc) is 2.74. The lowest BCUT2D eigenvalue weighted by atomic mass is 10.2. The Balaban J connectivity index is 1.43. The smallest absolute Gasteiger partial charge is 0.253 e. The van der Waals surface area contributed by atoms with E-state index in [-0.39, 0.29) is 11.7 Å². The number of para-hydroxylation sites is 1. The van der Waals surface area contributed by atoms with E-state index < -0.39 is 0 Å². The number of carbonyl (C=O) groups is 1. The van der Waals surface area contributed by atoms with Gasteiger partial charge in [-0.25, -0.2) is 9.37 Å². The highest BCUT2D eigenvalue weighted by molar-refractivity contribution is 5.94. The number of rotatable bonds is 4. The van der Waals surface area contributed by atoms with Crippen LogP contribution in [0.3, 0.4) is 0 Å². The summed E-state index contributed by atoms with van der Waals surface area (Å²) >= 11 is 0. The maximum Gasteiger partial charge on any atom is 0.253 e. The van der Waals surface area contributed by atoms with E-state index in [1.54, 1.807) is 4.90 Å². The first kappa shape index (κ1) is 18.9. The molecule has 1 saturated heterocycles. The summed E-state index contributed by atoms with van der Waals surface area (Å²) in [6.07, 6.45) is 0. The van der Waals surface area contributed by atoms with E-state index in [0.717, 1.165) is 17.2 Å². The zero-order valence-corrected chi connectivity index (χ0v) is 16.2. The van der Waals surface area contributed by atoms with Crippen LogP contribution in [0, 0.1) is 12.7 Å². The molecule has 0 radical (unpaired) electrons. The summed E-state index contributed by atoms with van der Waals surface area (Å²) in [6, 6.07) is 17.4. The molecule has 0 saturated carbocycles. The molecule has 148 valence electrons. The summed E-state index contributed by atoms with van der Waals surface area (Å²) in [5.41, 5.74) is 2.34. The van der Waals surface area contributed by atoms with Crippen LogP contribution >= 0.6 is 0 Å². The van der Waals surface area contributed by atoms with E-state index in [2.05, 4.69) is 20.2 Å². The molecule has 4 rings (SSSR count). The Kier molecular flexibility index (Phi) is 5.37. The topological polar surface area (TPSA) is 61.4 Å². The molecule has 1 fully saturated rings. The normalized spacial score (nSPS) is 14.0. The van der Waals surface area contributed by atoms with Gasteiger partial charge in [-0.3, -0.25) is 4.79 Å². The van der Waals surface area contributed by atoms with Gasteiger partial charge in [0.15, 0.2) is 0 Å². The third kappa shape index (κ3) is 4.51. The van der Waals surface area contributed by atoms with Crippen LogP contribution in [0.5, 0.6) is 0 Å². The minimum Gasteiger partial charge on any atom is -0.340 e. The largest absolute Gasteiger partial charge is 0.340 e. The Labute approximate surface area is 169 Å². The highest BCUT2D eigenvalue weighted by atomic mass is 19.1. The fraction of sp³-hybridized carbons (Fsp3) is 0.227. The number of nitrogens with zero attached hydrogens (tertiary/aromatic N) is 4. The second-order valence-corrected chi connectivity index (χ2v) is 6.97. The number of aromatic nitrogens is 2. The minimum absolute atomic E-state index is 0.0822. The van der Waals surface area contributed by atoms with Crippen LogP contribution in [0.25, 0.3) is 0 Å². The van der Waals surface area contributed by atoms with Gasteiger partial charge in [0, 0.05) is 49.2 Å². The first-order valence-electron chi connectivity index (χ1n) is 9.56. The highest BCUT2D eigenvalue weighted by Crippen LogP contribution is 2.20. The zero-order valence-electron chi connectivity index (χ0n) is 16.2. The number of aryl methyl sites for hydroxylation is 1. The number of halogens is 1. The van der Waals surface area contributed by atoms with E-state index in [4.69, 9.17) is 0 Å². The van der Waals surface area contributed by atoms with E-state index in [9.17, 15) is 9.18 Å². The highest BCUT2D eigenvalue weighted by Gasteiger charge is 2.24. The van der Waals surface area contributed by atoms with Crippen LogP contribution in [0.1, 0.15) is 16.1 Å². The summed E-state index contributed by atoms with van der Waals surface area (Å²) < 4.78 is 13.1. The first-order chi connectivity index (χ1) is 14.1. The van der Waals surface area contributed by atoms with Crippen LogP contribution in [0.2, 0.25) is 0 Å². The lowest BCUT2D eigenvalue weighted by molar-refractivity contribution is 0.0746. The molecule has 0 bridgehead atoms. The number of nitrogens with one attached hydrogen (secondary N) is 1. The van der Waals surface area contributed by atoms with Gasteiger partial charge in [0.1, 0.15) is 11.6 Å². The van der Waals surface area contributed by atoms with Crippen LogP contribution in [-0.4, -0.2) is 47.0 Å². The van der Waals surface area contributed by atoms with E-state index in [0.29, 0.717) is 37.7 Å². The van der Waals surface area contributed by atoms with Crippen molar-refractivity contribution in [3.8, 4) is 0 Å². The summed E-state index contributed by atoms with van der Waals surface area (Å²) in [7, 11) is 0. The van der Waals surface area contributed by atoms with Crippen molar-refractivity contribution in [1.82, 2.24) is 14.9 Å². The number of hydrogen-bond donors (Lipinski definition) is 1. The molecule has 7 heteroatoms. The van der Waals surface area contributed by atoms with Gasteiger partial charge in [-0.05, 0) is 43.3 Å². The predicted molar refractivity (Wildman–Crippen MR) is 111 cm³/mol. The lowest BCUT2D eigenvalue weighted by Crippen LogP contribution is -2.49. The molecule has 0 aliphatic carbocycles. The van der Waals surface area contributed by atoms with Crippen LogP contribution in [0.4, 0.5) is 21.8 Å². The molecule has 1 amide bonds. The second kappa shape index (κ2) is 8.26. The summed E-state index contributed by atoms with van der Waals surface area (Å²) in [5.74, 6) is 0.963. The second-order valence-electron chi connectivity index (χ2n) is 6.97. The molecule has 0 atom stereocenters. The van der Waals surface area contributed by atoms with Crippen LogP contribution < -0.4 is 10.2 Å². The number of piperazine rings is 1. The zero-order chi connectivity index (χ0) is 20.2. The molecule has 0 unspecified atom stereocenters. The molecule has 2 aromatic carbocycles. The maximum absolute atomic E-state index is 13.1. The van der Waals surface area contributed by atoms with Gasteiger partial charge in [0.2, 0.25) is 5.95 Å². The van der Waals surface area contributed by atoms with E-state index >= 15 is 0 Å². The van der Waals surface area contributed by atoms with Crippen molar-refractivity contribution in [2.45, 2.75) is 6.92 Å². The molecule has 29 heavy (non-hydrogen) atoms. The van der Waals surface area contributed by atoms with E-state index in [1.807, 2.05) is 43.3 Å². The monoisotopic (exact) mass is 391 g/mol. The molecule has 1 aliphatic rings. The van der Waals surface area contributed by atoms with Gasteiger partial charge < -0.3 is 15.1 Å². The maximum atomic E-state index is 13.1. The molecular formula is C22H22FN5O. The molecule has 6 nitrogen and oxygen atoms in total. The molecule has 1 aliphatic heterocycles. The summed E-state index contributed by atoms with van der Waals surface area (Å²) in [4.78, 5) is 25.7. The van der Waals surface area contributed by atoms with Crippen LogP contribution in [0.15, 0.2) is 60.7 Å². The van der Waals surface area contributed by atoms with Crippen molar-refractivity contribution >= 4 is 23.4 Å². The standard InChI is InChI=1S/C22H22FN5O/c1-16-15-20(25-19-5-3-2-4-6-19)26-22(24-16)28-13-11-27(12-14-28)21(29)17-7-9-18(23)10-8-17/h2-10,15H,11-14H2,1H3,(H,24,25,26). The van der Waals surface area contributed by atoms with Crippen molar-refractivity contribution in [2.75, 3.05) is 36.4 Å². The van der Waals surface area contributed by atoms with Crippen molar-refractivity contribution in [3.63, 3.8) is 0 Å². The van der Waals surface area contributed by atoms with Gasteiger partial charge in [-0.1, -0.05) is 18.2 Å². The van der Waals surface area contributed by atoms with Gasteiger partial charge in [0.05, 0.1) is 0 Å². The fourth-order valence-corrected chi connectivity index (χ4v) is 3.31. The van der Waals surface area contributed by atoms with Gasteiger partial charge >= 0.3 is 0 Å². The van der Waals surface area contributed by atoms with Crippen molar-refractivity contribution < 1.29 is 9.18 Å². The number of anilines is 3. The molecular weight excluding hydrogens is 369 g/mol. The number of amides is 1. The molecule has 0 spiro atoms. The number of carbonyl (C=O) groups excluding carboxylic acids is 1.